The normalized spacial score (nSPS) is 10.3. The Morgan fingerprint density at radius 1 is 1.21 bits per heavy atom. The van der Waals surface area contributed by atoms with Crippen molar-refractivity contribution >= 4 is 11.6 Å². The van der Waals surface area contributed by atoms with Gasteiger partial charge in [0.15, 0.2) is 0 Å². The van der Waals surface area contributed by atoms with E-state index in [4.69, 9.17) is 5.26 Å². The van der Waals surface area contributed by atoms with Gasteiger partial charge in [-0.2, -0.15) is 5.26 Å². The molecule has 1 amide bonds. The van der Waals surface area contributed by atoms with Crippen molar-refractivity contribution in [1.82, 2.24) is 0 Å². The van der Waals surface area contributed by atoms with Gasteiger partial charge < -0.3 is 4.90 Å². The lowest BCUT2D eigenvalue weighted by Gasteiger charge is -2.23. The summed E-state index contributed by atoms with van der Waals surface area (Å²) in [6.45, 7) is 4.22. The number of hydrogen-bond donors (Lipinski definition) is 0. The van der Waals surface area contributed by atoms with E-state index in [0.29, 0.717) is 5.56 Å². The minimum atomic E-state index is 0.107. The highest BCUT2D eigenvalue weighted by Crippen LogP contribution is 2.21. The molecule has 0 aliphatic heterocycles. The van der Waals surface area contributed by atoms with E-state index < -0.39 is 0 Å². The van der Waals surface area contributed by atoms with Gasteiger partial charge in [-0.05, 0) is 37.1 Å². The Balaban J connectivity index is 2.81. The fourth-order valence-corrected chi connectivity index (χ4v) is 2.25. The number of nitrogens with zero attached hydrogens (tertiary/aromatic N) is 2. The molecule has 0 N–H and O–H groups in total. The van der Waals surface area contributed by atoms with Crippen LogP contribution in [0.15, 0.2) is 24.3 Å². The second-order valence-electron chi connectivity index (χ2n) is 4.83. The topological polar surface area (TPSA) is 44.1 Å². The lowest BCUT2D eigenvalue weighted by molar-refractivity contribution is -0.122. The van der Waals surface area contributed by atoms with Crippen LogP contribution in [0.25, 0.3) is 0 Å². The van der Waals surface area contributed by atoms with Crippen LogP contribution in [0.1, 0.15) is 45.1 Å². The van der Waals surface area contributed by atoms with Gasteiger partial charge in [-0.15, -0.1) is 0 Å². The van der Waals surface area contributed by atoms with Gasteiger partial charge in [0.05, 0.1) is 11.6 Å². The number of rotatable bonds is 6. The van der Waals surface area contributed by atoms with Gasteiger partial charge in [0.1, 0.15) is 0 Å². The Hall–Kier alpha value is -1.82. The van der Waals surface area contributed by atoms with Crippen LogP contribution in [0, 0.1) is 17.2 Å². The minimum Gasteiger partial charge on any atom is -0.315 e. The summed E-state index contributed by atoms with van der Waals surface area (Å²) in [5.41, 5.74) is 1.46. The lowest BCUT2D eigenvalue weighted by atomic mass is 9.96. The van der Waals surface area contributed by atoms with Crippen molar-refractivity contribution in [2.24, 2.45) is 5.92 Å². The van der Waals surface area contributed by atoms with E-state index in [1.165, 1.54) is 0 Å². The van der Waals surface area contributed by atoms with Crippen molar-refractivity contribution in [2.75, 3.05) is 11.9 Å². The highest BCUT2D eigenvalue weighted by atomic mass is 16.2. The molecule has 1 aromatic rings. The summed E-state index contributed by atoms with van der Waals surface area (Å²) in [6, 6.07) is 9.22. The van der Waals surface area contributed by atoms with Gasteiger partial charge in [-0.3, -0.25) is 4.79 Å². The predicted molar refractivity (Wildman–Crippen MR) is 77.9 cm³/mol. The molecule has 0 aliphatic carbocycles. The van der Waals surface area contributed by atoms with Crippen molar-refractivity contribution in [1.29, 1.82) is 5.26 Å². The van der Waals surface area contributed by atoms with Crippen molar-refractivity contribution in [3.8, 4) is 6.07 Å². The maximum absolute atomic E-state index is 12.4. The molecule has 3 heteroatoms. The molecule has 0 aromatic heterocycles. The number of hydrogen-bond acceptors (Lipinski definition) is 2. The number of benzene rings is 1. The second kappa shape index (κ2) is 7.58. The summed E-state index contributed by atoms with van der Waals surface area (Å²) in [5.74, 6) is 0.282. The van der Waals surface area contributed by atoms with Crippen LogP contribution < -0.4 is 4.90 Å². The number of carbonyl (C=O) groups is 1. The molecular formula is C16H22N2O. The van der Waals surface area contributed by atoms with Crippen LogP contribution in [0.3, 0.4) is 0 Å². The molecule has 0 saturated carbocycles. The van der Waals surface area contributed by atoms with Gasteiger partial charge in [0.2, 0.25) is 5.91 Å². The molecule has 0 heterocycles. The Labute approximate surface area is 115 Å². The molecule has 0 fully saturated rings. The average Bonchev–Trinajstić information content (AvgIpc) is 2.45. The average molecular weight is 258 g/mol. The third-order valence-corrected chi connectivity index (χ3v) is 3.34. The van der Waals surface area contributed by atoms with Crippen LogP contribution >= 0.6 is 0 Å². The van der Waals surface area contributed by atoms with Crippen LogP contribution in [-0.4, -0.2) is 13.0 Å². The van der Waals surface area contributed by atoms with Crippen LogP contribution in [0.4, 0.5) is 5.69 Å². The zero-order chi connectivity index (χ0) is 14.3. The summed E-state index contributed by atoms with van der Waals surface area (Å²) >= 11 is 0. The van der Waals surface area contributed by atoms with E-state index >= 15 is 0 Å². The minimum absolute atomic E-state index is 0.107. The SMILES string of the molecule is CCCC(CCC)C(=O)N(C)c1ccc(C#N)cc1. The molecule has 19 heavy (non-hydrogen) atoms. The summed E-state index contributed by atoms with van der Waals surface area (Å²) < 4.78 is 0. The van der Waals surface area contributed by atoms with Crippen molar-refractivity contribution in [3.63, 3.8) is 0 Å². The Kier molecular flexibility index (Phi) is 6.08. The van der Waals surface area contributed by atoms with E-state index in [1.54, 1.807) is 17.0 Å². The van der Waals surface area contributed by atoms with Gasteiger partial charge in [0, 0.05) is 18.7 Å². The van der Waals surface area contributed by atoms with Crippen molar-refractivity contribution < 1.29 is 4.79 Å². The molecule has 0 atom stereocenters. The van der Waals surface area contributed by atoms with E-state index in [2.05, 4.69) is 19.9 Å². The van der Waals surface area contributed by atoms with Gasteiger partial charge >= 0.3 is 0 Å². The maximum atomic E-state index is 12.4. The summed E-state index contributed by atoms with van der Waals surface area (Å²) in [6.07, 6.45) is 3.93. The molecule has 0 radical (unpaired) electrons. The quantitative estimate of drug-likeness (QED) is 0.780. The molecule has 102 valence electrons. The summed E-state index contributed by atoms with van der Waals surface area (Å²) in [5, 5.41) is 8.77. The van der Waals surface area contributed by atoms with Crippen molar-refractivity contribution in [3.05, 3.63) is 29.8 Å². The highest BCUT2D eigenvalue weighted by molar-refractivity contribution is 5.94. The molecule has 0 aliphatic rings. The molecule has 1 aromatic carbocycles. The second-order valence-corrected chi connectivity index (χ2v) is 4.83. The smallest absolute Gasteiger partial charge is 0.229 e. The van der Waals surface area contributed by atoms with E-state index in [1.807, 2.05) is 19.2 Å². The first-order valence-electron chi connectivity index (χ1n) is 6.91. The first-order chi connectivity index (χ1) is 9.13. The predicted octanol–water partition coefficient (Wildman–Crippen LogP) is 3.74. The number of carbonyl (C=O) groups excluding carboxylic acids is 1. The Bertz CT molecular complexity index is 439. The highest BCUT2D eigenvalue weighted by Gasteiger charge is 2.21. The maximum Gasteiger partial charge on any atom is 0.229 e. The Morgan fingerprint density at radius 2 is 1.74 bits per heavy atom. The molecule has 3 nitrogen and oxygen atoms in total. The van der Waals surface area contributed by atoms with E-state index in [-0.39, 0.29) is 11.8 Å². The molecule has 0 unspecified atom stereocenters. The molecule has 0 spiro atoms. The third-order valence-electron chi connectivity index (χ3n) is 3.34. The molecular weight excluding hydrogens is 236 g/mol. The first-order valence-corrected chi connectivity index (χ1v) is 6.91. The fourth-order valence-electron chi connectivity index (χ4n) is 2.25. The number of nitriles is 1. The van der Waals surface area contributed by atoms with Gasteiger partial charge in [0.25, 0.3) is 0 Å². The number of amides is 1. The zero-order valence-electron chi connectivity index (χ0n) is 12.0. The van der Waals surface area contributed by atoms with E-state index in [0.717, 1.165) is 31.4 Å². The monoisotopic (exact) mass is 258 g/mol. The van der Waals surface area contributed by atoms with Crippen LogP contribution in [0.2, 0.25) is 0 Å². The summed E-state index contributed by atoms with van der Waals surface area (Å²) in [4.78, 5) is 14.1. The zero-order valence-corrected chi connectivity index (χ0v) is 12.0. The van der Waals surface area contributed by atoms with Crippen molar-refractivity contribution in [2.45, 2.75) is 39.5 Å². The third kappa shape index (κ3) is 4.10. The lowest BCUT2D eigenvalue weighted by Crippen LogP contribution is -2.32. The Morgan fingerprint density at radius 3 is 2.16 bits per heavy atom. The first kappa shape index (κ1) is 15.2. The summed E-state index contributed by atoms with van der Waals surface area (Å²) in [7, 11) is 1.81. The molecule has 1 rings (SSSR count). The standard InChI is InChI=1S/C16H22N2O/c1-4-6-14(7-5-2)16(19)18(3)15-10-8-13(12-17)9-11-15/h8-11,14H,4-7H2,1-3H3. The van der Waals surface area contributed by atoms with Gasteiger partial charge in [-0.1, -0.05) is 26.7 Å². The molecule has 0 saturated heterocycles. The van der Waals surface area contributed by atoms with E-state index in [9.17, 15) is 4.79 Å². The fraction of sp³-hybridized carbons (Fsp3) is 0.500. The van der Waals surface area contributed by atoms with Crippen LogP contribution in [0.5, 0.6) is 0 Å². The largest absolute Gasteiger partial charge is 0.315 e. The number of anilines is 1. The van der Waals surface area contributed by atoms with Gasteiger partial charge in [-0.25, -0.2) is 0 Å². The molecule has 0 bridgehead atoms. The van der Waals surface area contributed by atoms with Crippen LogP contribution in [-0.2, 0) is 4.79 Å².